The minimum atomic E-state index is -2.22. The van der Waals surface area contributed by atoms with Crippen LogP contribution in [0.4, 0.5) is 0 Å². The number of carbonyl (C=O) groups is 3. The summed E-state index contributed by atoms with van der Waals surface area (Å²) in [5, 5.41) is 51.3. The summed E-state index contributed by atoms with van der Waals surface area (Å²) in [6.45, 7) is 3.96. The molecule has 340 valence electrons. The highest BCUT2D eigenvalue weighted by Gasteiger charge is 2.36. The molecule has 11 nitrogen and oxygen atoms in total. The summed E-state index contributed by atoms with van der Waals surface area (Å²) in [7, 11) is 0. The quantitative estimate of drug-likeness (QED) is 0.0198. The first-order valence-electron chi connectivity index (χ1n) is 23.4. The summed E-state index contributed by atoms with van der Waals surface area (Å²) in [5.74, 6) is -2.52. The van der Waals surface area contributed by atoms with Crippen LogP contribution in [0.1, 0.15) is 206 Å². The number of ether oxygens (including phenoxy) is 2. The topological polar surface area (TPSA) is 183 Å². The molecule has 0 aliphatic carbocycles. The van der Waals surface area contributed by atoms with Gasteiger partial charge in [0.2, 0.25) is 0 Å². The van der Waals surface area contributed by atoms with Crippen molar-refractivity contribution in [3.05, 3.63) is 24.3 Å². The van der Waals surface area contributed by atoms with Gasteiger partial charge in [-0.3, -0.25) is 9.59 Å². The molecule has 1 amide bonds. The average Bonchev–Trinajstić information content (AvgIpc) is 3.23. The zero-order valence-electron chi connectivity index (χ0n) is 36.8. The van der Waals surface area contributed by atoms with Crippen LogP contribution in [0.3, 0.4) is 0 Å². The predicted molar refractivity (Wildman–Crippen MR) is 233 cm³/mol. The van der Waals surface area contributed by atoms with E-state index >= 15 is 0 Å². The van der Waals surface area contributed by atoms with Crippen LogP contribution in [0.5, 0.6) is 0 Å². The number of allylic oxidation sites excluding steroid dienone is 4. The molecule has 0 radical (unpaired) electrons. The Morgan fingerprint density at radius 1 is 0.517 bits per heavy atom. The summed E-state index contributed by atoms with van der Waals surface area (Å²) in [5.41, 5.74) is 0. The highest BCUT2D eigenvalue weighted by atomic mass is 16.5. The number of hydrogen-bond donors (Lipinski definition) is 6. The standard InChI is InChI=1S/C47H87NO10/c1-3-5-7-9-11-13-15-17-19-21-23-25-27-29-31-33-37-57-42(51)36-35-40(48-46(55)45(54)44(53)43(52)41(50)39-49)47(56)58-38-34-32-30-28-26-24-22-20-18-16-14-12-10-8-6-4-2/h17-20,40-41,43-45,49-50,52-54H,3-16,21-39H2,1-2H3,(H,48,55)/b19-17-,20-18-/t40-,41+,43+,44-,45+/m0/s1. The third kappa shape index (κ3) is 33.5. The van der Waals surface area contributed by atoms with Gasteiger partial charge >= 0.3 is 11.9 Å². The molecule has 0 unspecified atom stereocenters. The Kier molecular flexibility index (Phi) is 39.8. The fourth-order valence-corrected chi connectivity index (χ4v) is 6.68. The van der Waals surface area contributed by atoms with Crippen LogP contribution in [0.25, 0.3) is 0 Å². The van der Waals surface area contributed by atoms with E-state index in [9.17, 15) is 34.8 Å². The first-order chi connectivity index (χ1) is 28.2. The van der Waals surface area contributed by atoms with Crippen molar-refractivity contribution in [2.24, 2.45) is 0 Å². The molecule has 0 aromatic carbocycles. The van der Waals surface area contributed by atoms with Gasteiger partial charge in [0, 0.05) is 6.42 Å². The van der Waals surface area contributed by atoms with Crippen LogP contribution in [0.2, 0.25) is 0 Å². The summed E-state index contributed by atoms with van der Waals surface area (Å²) in [6, 6.07) is -1.32. The van der Waals surface area contributed by atoms with Crippen LogP contribution < -0.4 is 5.32 Å². The van der Waals surface area contributed by atoms with Crippen LogP contribution in [-0.4, -0.2) is 93.7 Å². The van der Waals surface area contributed by atoms with Gasteiger partial charge in [0.1, 0.15) is 24.4 Å². The molecule has 0 aliphatic rings. The van der Waals surface area contributed by atoms with E-state index in [0.29, 0.717) is 6.42 Å². The van der Waals surface area contributed by atoms with Gasteiger partial charge in [0.05, 0.1) is 19.8 Å². The van der Waals surface area contributed by atoms with Crippen molar-refractivity contribution >= 4 is 17.8 Å². The molecule has 0 saturated heterocycles. The van der Waals surface area contributed by atoms with Crippen LogP contribution in [0.15, 0.2) is 24.3 Å². The number of aliphatic hydroxyl groups is 5. The number of unbranched alkanes of at least 4 members (excludes halogenated alkanes) is 24. The third-order valence-corrected chi connectivity index (χ3v) is 10.6. The third-order valence-electron chi connectivity index (χ3n) is 10.6. The van der Waals surface area contributed by atoms with E-state index in [1.807, 2.05) is 0 Å². The first kappa shape index (κ1) is 55.7. The molecular weight excluding hydrogens is 739 g/mol. The molecule has 0 fully saturated rings. The molecule has 11 heteroatoms. The lowest BCUT2D eigenvalue weighted by Gasteiger charge is -2.26. The number of nitrogens with one attached hydrogen (secondary N) is 1. The lowest BCUT2D eigenvalue weighted by molar-refractivity contribution is -0.155. The van der Waals surface area contributed by atoms with Gasteiger partial charge in [-0.2, -0.15) is 0 Å². The molecule has 0 aliphatic heterocycles. The maximum absolute atomic E-state index is 13.0. The average molecular weight is 826 g/mol. The number of aliphatic hydroxyl groups excluding tert-OH is 5. The van der Waals surface area contributed by atoms with E-state index in [1.165, 1.54) is 96.3 Å². The molecule has 0 spiro atoms. The Hall–Kier alpha value is -2.31. The second-order valence-corrected chi connectivity index (χ2v) is 16.0. The summed E-state index contributed by atoms with van der Waals surface area (Å²) in [6.07, 6.45) is 33.3. The minimum Gasteiger partial charge on any atom is -0.466 e. The van der Waals surface area contributed by atoms with E-state index in [0.717, 1.165) is 77.0 Å². The Labute approximate surface area is 352 Å². The zero-order valence-corrected chi connectivity index (χ0v) is 36.8. The summed E-state index contributed by atoms with van der Waals surface area (Å²) < 4.78 is 10.8. The molecule has 58 heavy (non-hydrogen) atoms. The SMILES string of the molecule is CCCCCCCC/C=C\CCCCCCCCOC(=O)CC[C@H](NC(=O)[C@H](O)[C@@H](O)[C@H](O)[C@H](O)CO)C(=O)OCCCCCCCC/C=C\CCCCCCCC. The van der Waals surface area contributed by atoms with Gasteiger partial charge in [-0.15, -0.1) is 0 Å². The highest BCUT2D eigenvalue weighted by molar-refractivity contribution is 5.87. The van der Waals surface area contributed by atoms with Crippen molar-refractivity contribution in [3.8, 4) is 0 Å². The van der Waals surface area contributed by atoms with Gasteiger partial charge in [-0.25, -0.2) is 4.79 Å². The van der Waals surface area contributed by atoms with Gasteiger partial charge < -0.3 is 40.3 Å². The van der Waals surface area contributed by atoms with Crippen molar-refractivity contribution < 1.29 is 49.4 Å². The maximum Gasteiger partial charge on any atom is 0.328 e. The van der Waals surface area contributed by atoms with Crippen molar-refractivity contribution in [1.29, 1.82) is 0 Å². The van der Waals surface area contributed by atoms with E-state index in [-0.39, 0.29) is 26.1 Å². The minimum absolute atomic E-state index is 0.124. The zero-order chi connectivity index (χ0) is 42.9. The number of amides is 1. The van der Waals surface area contributed by atoms with Gasteiger partial charge in [-0.05, 0) is 70.6 Å². The number of esters is 2. The fraction of sp³-hybridized carbons (Fsp3) is 0.851. The fourth-order valence-electron chi connectivity index (χ4n) is 6.68. The van der Waals surface area contributed by atoms with E-state index in [1.54, 1.807) is 0 Å². The molecule has 0 aromatic heterocycles. The Bertz CT molecular complexity index is 1020. The van der Waals surface area contributed by atoms with Crippen molar-refractivity contribution in [3.63, 3.8) is 0 Å². The molecule has 5 atom stereocenters. The highest BCUT2D eigenvalue weighted by Crippen LogP contribution is 2.13. The second kappa shape index (κ2) is 41.4. The monoisotopic (exact) mass is 826 g/mol. The normalized spacial score (nSPS) is 14.4. The molecular formula is C47H87NO10. The van der Waals surface area contributed by atoms with E-state index in [2.05, 4.69) is 43.5 Å². The van der Waals surface area contributed by atoms with Crippen LogP contribution in [-0.2, 0) is 23.9 Å². The second-order valence-electron chi connectivity index (χ2n) is 16.0. The van der Waals surface area contributed by atoms with Gasteiger partial charge in [0.25, 0.3) is 5.91 Å². The van der Waals surface area contributed by atoms with E-state index < -0.39 is 54.9 Å². The summed E-state index contributed by atoms with van der Waals surface area (Å²) in [4.78, 5) is 38.2. The largest absolute Gasteiger partial charge is 0.466 e. The van der Waals surface area contributed by atoms with Crippen LogP contribution in [0, 0.1) is 0 Å². The molecule has 0 bridgehead atoms. The van der Waals surface area contributed by atoms with Gasteiger partial charge in [-0.1, -0.05) is 154 Å². The predicted octanol–water partition coefficient (Wildman–Crippen LogP) is 8.85. The van der Waals surface area contributed by atoms with E-state index in [4.69, 9.17) is 14.6 Å². The molecule has 0 aromatic rings. The first-order valence-corrected chi connectivity index (χ1v) is 23.4. The Morgan fingerprint density at radius 2 is 0.897 bits per heavy atom. The number of rotatable bonds is 42. The molecule has 0 saturated carbocycles. The number of carbonyl (C=O) groups excluding carboxylic acids is 3. The Balaban J connectivity index is 4.46. The van der Waals surface area contributed by atoms with Crippen LogP contribution >= 0.6 is 0 Å². The molecule has 0 heterocycles. The molecule has 0 rings (SSSR count). The molecule has 6 N–H and O–H groups in total. The van der Waals surface area contributed by atoms with Crippen molar-refractivity contribution in [2.75, 3.05) is 19.8 Å². The lowest BCUT2D eigenvalue weighted by Crippen LogP contribution is -2.54. The number of hydrogen-bond acceptors (Lipinski definition) is 10. The lowest BCUT2D eigenvalue weighted by atomic mass is 10.0. The smallest absolute Gasteiger partial charge is 0.328 e. The van der Waals surface area contributed by atoms with Gasteiger partial charge in [0.15, 0.2) is 6.10 Å². The maximum atomic E-state index is 13.0. The summed E-state index contributed by atoms with van der Waals surface area (Å²) >= 11 is 0. The van der Waals surface area contributed by atoms with Crippen molar-refractivity contribution in [2.45, 2.75) is 237 Å². The van der Waals surface area contributed by atoms with Crippen molar-refractivity contribution in [1.82, 2.24) is 5.32 Å². The Morgan fingerprint density at radius 3 is 1.31 bits per heavy atom.